The molecule has 3 saturated heterocycles. The number of hydroxylamine groups is 2. The zero-order valence-electron chi connectivity index (χ0n) is 15.2. The van der Waals surface area contributed by atoms with Crippen LogP contribution in [0.1, 0.15) is 6.42 Å². The lowest BCUT2D eigenvalue weighted by atomic mass is 10.0. The molecule has 0 spiro atoms. The van der Waals surface area contributed by atoms with Gasteiger partial charge in [0.2, 0.25) is 0 Å². The lowest BCUT2D eigenvalue weighted by Gasteiger charge is -2.29. The maximum atomic E-state index is 14.1. The fourth-order valence-electron chi connectivity index (χ4n) is 4.56. The Morgan fingerprint density at radius 2 is 1.88 bits per heavy atom. The Bertz CT molecular complexity index is 658. The second-order valence-corrected chi connectivity index (χ2v) is 10.2. The van der Waals surface area contributed by atoms with Crippen molar-refractivity contribution in [2.75, 3.05) is 40.5 Å². The van der Waals surface area contributed by atoms with Gasteiger partial charge in [-0.2, -0.15) is 5.06 Å². The van der Waals surface area contributed by atoms with Gasteiger partial charge in [0.1, 0.15) is 32.9 Å². The molecule has 0 radical (unpaired) electrons. The van der Waals surface area contributed by atoms with Gasteiger partial charge in [-0.15, -0.1) is 0 Å². The van der Waals surface area contributed by atoms with Crippen molar-refractivity contribution < 1.29 is 28.4 Å². The van der Waals surface area contributed by atoms with E-state index < -0.39 is 7.14 Å². The summed E-state index contributed by atoms with van der Waals surface area (Å²) in [7, 11) is 0.592. The van der Waals surface area contributed by atoms with Gasteiger partial charge in [-0.1, -0.05) is 30.3 Å². The summed E-state index contributed by atoms with van der Waals surface area (Å²) in [6, 6.07) is 9.71. The molecule has 0 aliphatic carbocycles. The molecule has 3 aliphatic rings. The third-order valence-electron chi connectivity index (χ3n) is 5.60. The van der Waals surface area contributed by atoms with Crippen molar-refractivity contribution in [2.24, 2.45) is 0 Å². The van der Waals surface area contributed by atoms with Crippen LogP contribution in [0.25, 0.3) is 0 Å². The fourth-order valence-corrected chi connectivity index (χ4v) is 8.33. The minimum Gasteiger partial charge on any atom is -0.359 e. The average Bonchev–Trinajstić information content (AvgIpc) is 3.29. The molecule has 3 aliphatic heterocycles. The molecule has 0 N–H and O–H groups in total. The maximum absolute atomic E-state index is 14.1. The van der Waals surface area contributed by atoms with Crippen LogP contribution in [0.15, 0.2) is 30.3 Å². The number of hydrogen-bond donors (Lipinski definition) is 0. The summed E-state index contributed by atoms with van der Waals surface area (Å²) in [5.74, 6) is 0. The summed E-state index contributed by atoms with van der Waals surface area (Å²) >= 11 is 0. The Kier molecular flexibility index (Phi) is 5.48. The normalized spacial score (nSPS) is 39.2. The van der Waals surface area contributed by atoms with Crippen molar-refractivity contribution in [1.82, 2.24) is 5.06 Å². The Balaban J connectivity index is 1.63. The molecule has 0 unspecified atom stereocenters. The molecular formula is C18H26NO6P. The summed E-state index contributed by atoms with van der Waals surface area (Å²) in [6.07, 6.45) is 0.987. The van der Waals surface area contributed by atoms with Crippen molar-refractivity contribution in [3.63, 3.8) is 0 Å². The highest BCUT2D eigenvalue weighted by atomic mass is 31.2. The quantitative estimate of drug-likeness (QED) is 0.521. The molecule has 144 valence electrons. The van der Waals surface area contributed by atoms with Crippen LogP contribution in [0.4, 0.5) is 0 Å². The first-order valence-electron chi connectivity index (χ1n) is 8.98. The van der Waals surface area contributed by atoms with Gasteiger partial charge in [-0.05, 0) is 6.42 Å². The van der Waals surface area contributed by atoms with E-state index in [2.05, 4.69) is 0 Å². The lowest BCUT2D eigenvalue weighted by Crippen LogP contribution is -2.44. The van der Waals surface area contributed by atoms with E-state index in [0.29, 0.717) is 12.7 Å². The van der Waals surface area contributed by atoms with Gasteiger partial charge in [0, 0.05) is 25.7 Å². The monoisotopic (exact) mass is 383 g/mol. The molecule has 26 heavy (non-hydrogen) atoms. The van der Waals surface area contributed by atoms with Crippen molar-refractivity contribution in [1.29, 1.82) is 0 Å². The van der Waals surface area contributed by atoms with Gasteiger partial charge in [0.05, 0.1) is 24.3 Å². The van der Waals surface area contributed by atoms with E-state index in [9.17, 15) is 4.57 Å². The van der Waals surface area contributed by atoms with Crippen molar-refractivity contribution in [2.45, 2.75) is 36.4 Å². The molecular weight excluding hydrogens is 357 g/mol. The molecule has 3 fully saturated rings. The van der Waals surface area contributed by atoms with Crippen LogP contribution in [0.3, 0.4) is 0 Å². The van der Waals surface area contributed by atoms with Crippen LogP contribution in [0.2, 0.25) is 0 Å². The van der Waals surface area contributed by atoms with E-state index in [-0.39, 0.29) is 43.6 Å². The van der Waals surface area contributed by atoms with E-state index in [4.69, 9.17) is 23.8 Å². The van der Waals surface area contributed by atoms with Crippen molar-refractivity contribution in [3.8, 4) is 0 Å². The van der Waals surface area contributed by atoms with E-state index in [0.717, 1.165) is 11.7 Å². The smallest absolute Gasteiger partial charge is 0.146 e. The van der Waals surface area contributed by atoms with Gasteiger partial charge in [0.15, 0.2) is 0 Å². The third-order valence-corrected chi connectivity index (χ3v) is 9.29. The molecule has 0 saturated carbocycles. The summed E-state index contributed by atoms with van der Waals surface area (Å²) in [4.78, 5) is 6.17. The molecule has 0 amide bonds. The first-order valence-corrected chi connectivity index (χ1v) is 10.9. The minimum atomic E-state index is -2.59. The Labute approximate surface area is 153 Å². The zero-order valence-corrected chi connectivity index (χ0v) is 16.0. The van der Waals surface area contributed by atoms with Crippen LogP contribution in [0.5, 0.6) is 0 Å². The molecule has 8 heteroatoms. The Morgan fingerprint density at radius 3 is 2.62 bits per heavy atom. The summed E-state index contributed by atoms with van der Waals surface area (Å²) in [6.45, 7) is 0.918. The largest absolute Gasteiger partial charge is 0.359 e. The second kappa shape index (κ2) is 7.68. The SMILES string of the molecule is COCO[C@H]1[C@@H]2[C@@H]3[C@@H](CC[P@@]3(=O)c3ccccc3)ON2C[C@@H]1OCOC. The van der Waals surface area contributed by atoms with E-state index in [1.165, 1.54) is 0 Å². The first-order chi connectivity index (χ1) is 12.7. The Morgan fingerprint density at radius 1 is 1.15 bits per heavy atom. The number of hydrogen-bond acceptors (Lipinski definition) is 7. The predicted octanol–water partition coefficient (Wildman–Crippen LogP) is 1.42. The van der Waals surface area contributed by atoms with Crippen LogP contribution < -0.4 is 5.30 Å². The zero-order chi connectivity index (χ0) is 18.1. The summed E-state index contributed by atoms with van der Waals surface area (Å²) in [5, 5.41) is 2.86. The van der Waals surface area contributed by atoms with Crippen LogP contribution in [0, 0.1) is 0 Å². The van der Waals surface area contributed by atoms with Crippen LogP contribution in [-0.2, 0) is 28.4 Å². The molecule has 0 bridgehead atoms. The average molecular weight is 383 g/mol. The highest BCUT2D eigenvalue weighted by Crippen LogP contribution is 2.63. The highest BCUT2D eigenvalue weighted by Gasteiger charge is 2.63. The second-order valence-electron chi connectivity index (χ2n) is 7.02. The lowest BCUT2D eigenvalue weighted by molar-refractivity contribution is -0.159. The summed E-state index contributed by atoms with van der Waals surface area (Å²) in [5.41, 5.74) is -0.0806. The van der Waals surface area contributed by atoms with Crippen LogP contribution >= 0.6 is 7.14 Å². The molecule has 6 atom stereocenters. The van der Waals surface area contributed by atoms with Gasteiger partial charge in [0.25, 0.3) is 0 Å². The molecule has 7 nitrogen and oxygen atoms in total. The van der Waals surface area contributed by atoms with Gasteiger partial charge >= 0.3 is 0 Å². The van der Waals surface area contributed by atoms with E-state index in [1.54, 1.807) is 14.2 Å². The van der Waals surface area contributed by atoms with Gasteiger partial charge in [-0.3, -0.25) is 4.84 Å². The van der Waals surface area contributed by atoms with Crippen molar-refractivity contribution >= 4 is 12.4 Å². The molecule has 0 aromatic heterocycles. The predicted molar refractivity (Wildman–Crippen MR) is 95.8 cm³/mol. The van der Waals surface area contributed by atoms with Crippen molar-refractivity contribution in [3.05, 3.63) is 30.3 Å². The standard InChI is InChI=1S/C18H26NO6P/c1-21-11-23-15-10-19-16(17(15)24-12-22-2)18-14(25-19)8-9-26(18,20)13-6-4-3-5-7-13/h3-7,14-18H,8-12H2,1-2H3/t14-,15+,16-,17-,18+,26-/m1/s1. The highest BCUT2D eigenvalue weighted by molar-refractivity contribution is 7.72. The maximum Gasteiger partial charge on any atom is 0.146 e. The van der Waals surface area contributed by atoms with Gasteiger partial charge < -0.3 is 23.5 Å². The number of ether oxygens (including phenoxy) is 4. The first kappa shape index (κ1) is 18.6. The molecule has 1 aromatic carbocycles. The van der Waals surface area contributed by atoms with E-state index in [1.807, 2.05) is 35.4 Å². The number of nitrogens with zero attached hydrogens (tertiary/aromatic N) is 1. The van der Waals surface area contributed by atoms with E-state index >= 15 is 0 Å². The van der Waals surface area contributed by atoms with Crippen LogP contribution in [-0.4, -0.2) is 75.6 Å². The number of fused-ring (bicyclic) bond motifs is 3. The minimum absolute atomic E-state index is 0.0249. The molecule has 4 rings (SSSR count). The molecule has 1 aromatic rings. The number of benzene rings is 1. The number of methoxy groups -OCH3 is 2. The summed E-state index contributed by atoms with van der Waals surface area (Å²) < 4.78 is 36.0. The Hall–Kier alpha value is -0.790. The number of rotatable bonds is 7. The topological polar surface area (TPSA) is 66.5 Å². The third kappa shape index (κ3) is 3.06. The molecule has 3 heterocycles. The fraction of sp³-hybridized carbons (Fsp3) is 0.667. The van der Waals surface area contributed by atoms with Gasteiger partial charge in [-0.25, -0.2) is 0 Å².